The second kappa shape index (κ2) is 9.37. The minimum atomic E-state index is -4.29. The van der Waals surface area contributed by atoms with Gasteiger partial charge in [-0.15, -0.1) is 4.40 Å². The van der Waals surface area contributed by atoms with Gasteiger partial charge in [0, 0.05) is 23.7 Å². The molecule has 1 saturated carbocycles. The molecular weight excluding hydrogens is 504 g/mol. The van der Waals surface area contributed by atoms with Gasteiger partial charge in [0.2, 0.25) is 10.0 Å². The van der Waals surface area contributed by atoms with E-state index in [0.29, 0.717) is 18.9 Å². The number of aliphatic hydroxyl groups is 1. The molecule has 2 aliphatic heterocycles. The number of sulfonamides is 2. The van der Waals surface area contributed by atoms with E-state index in [9.17, 15) is 26.7 Å². The van der Waals surface area contributed by atoms with Gasteiger partial charge in [-0.3, -0.25) is 9.52 Å². The topological polar surface area (TPSA) is 145 Å². The molecule has 0 saturated heterocycles. The number of anilines is 2. The van der Waals surface area contributed by atoms with Crippen molar-refractivity contribution < 1.29 is 26.7 Å². The molecule has 1 aliphatic carbocycles. The Bertz CT molecular complexity index is 1340. The van der Waals surface area contributed by atoms with Crippen LogP contribution >= 0.6 is 0 Å². The number of amides is 1. The molecule has 0 bridgehead atoms. The average Bonchev–Trinajstić information content (AvgIpc) is 3.29. The molecule has 0 aromatic heterocycles. The SMILES string of the molecule is CC(C)CCC1(C)CN(C2CCCC2)C(=O)C(C2=NS(=O)(=O)c3cc(NS(C)(=O)=O)ccc3N2)=C1O. The summed E-state index contributed by atoms with van der Waals surface area (Å²) in [5.41, 5.74) is -0.640. The van der Waals surface area contributed by atoms with Gasteiger partial charge >= 0.3 is 0 Å². The maximum atomic E-state index is 13.7. The van der Waals surface area contributed by atoms with Gasteiger partial charge in [0.05, 0.1) is 11.9 Å². The molecule has 12 heteroatoms. The van der Waals surface area contributed by atoms with Crippen molar-refractivity contribution in [2.24, 2.45) is 15.7 Å². The molecule has 198 valence electrons. The van der Waals surface area contributed by atoms with E-state index in [-0.39, 0.29) is 39.5 Å². The predicted molar refractivity (Wildman–Crippen MR) is 139 cm³/mol. The van der Waals surface area contributed by atoms with Crippen molar-refractivity contribution in [3.63, 3.8) is 0 Å². The Labute approximate surface area is 213 Å². The van der Waals surface area contributed by atoms with E-state index < -0.39 is 31.4 Å². The van der Waals surface area contributed by atoms with Crippen molar-refractivity contribution in [1.82, 2.24) is 4.90 Å². The summed E-state index contributed by atoms with van der Waals surface area (Å²) in [5, 5.41) is 14.3. The smallest absolute Gasteiger partial charge is 0.286 e. The average molecular weight is 539 g/mol. The van der Waals surface area contributed by atoms with Crippen molar-refractivity contribution in [2.75, 3.05) is 22.8 Å². The Kier molecular flexibility index (Phi) is 6.89. The van der Waals surface area contributed by atoms with E-state index in [0.717, 1.165) is 38.4 Å². The van der Waals surface area contributed by atoms with Crippen LogP contribution in [0.15, 0.2) is 38.8 Å². The van der Waals surface area contributed by atoms with E-state index in [1.54, 1.807) is 4.90 Å². The fourth-order valence-corrected chi connectivity index (χ4v) is 6.85. The zero-order valence-corrected chi connectivity index (χ0v) is 22.7. The fraction of sp³-hybridized carbons (Fsp3) is 0.583. The number of hydrogen-bond donors (Lipinski definition) is 3. The minimum Gasteiger partial charge on any atom is -0.511 e. The summed E-state index contributed by atoms with van der Waals surface area (Å²) in [6.07, 6.45) is 6.21. The lowest BCUT2D eigenvalue weighted by molar-refractivity contribution is -0.132. The highest BCUT2D eigenvalue weighted by Gasteiger charge is 2.47. The molecule has 1 amide bonds. The Morgan fingerprint density at radius 3 is 2.56 bits per heavy atom. The molecule has 4 rings (SSSR count). The molecule has 36 heavy (non-hydrogen) atoms. The zero-order valence-electron chi connectivity index (χ0n) is 21.0. The lowest BCUT2D eigenvalue weighted by Gasteiger charge is -2.44. The standard InChI is InChI=1S/C24H34N4O6S2/c1-15(2)11-12-24(3)14-28(17-7-5-6-8-17)23(30)20(21(24)29)22-25-18-10-9-16(26-35(4,31)32)13-19(18)36(33,34)27-22/h9-10,13,15,17,26,29H,5-8,11-12,14H2,1-4H3,(H,25,27). The van der Waals surface area contributed by atoms with Crippen LogP contribution in [-0.2, 0) is 24.8 Å². The van der Waals surface area contributed by atoms with E-state index >= 15 is 0 Å². The van der Waals surface area contributed by atoms with Gasteiger partial charge in [0.1, 0.15) is 16.2 Å². The Hall–Kier alpha value is -2.60. The second-order valence-electron chi connectivity index (χ2n) is 10.7. The summed E-state index contributed by atoms with van der Waals surface area (Å²) in [5.74, 6) is -0.403. The number of amidine groups is 1. The third-order valence-corrected chi connectivity index (χ3v) is 9.03. The minimum absolute atomic E-state index is 0.0386. The molecule has 0 radical (unpaired) electrons. The van der Waals surface area contributed by atoms with Crippen LogP contribution in [0.3, 0.4) is 0 Å². The molecule has 1 atom stereocenters. The van der Waals surface area contributed by atoms with Crippen LogP contribution in [0.1, 0.15) is 59.3 Å². The van der Waals surface area contributed by atoms with E-state index in [4.69, 9.17) is 0 Å². The number of benzene rings is 1. The van der Waals surface area contributed by atoms with Gasteiger partial charge in [-0.1, -0.05) is 33.6 Å². The lowest BCUT2D eigenvalue weighted by Crippen LogP contribution is -2.53. The number of nitrogens with one attached hydrogen (secondary N) is 2. The van der Waals surface area contributed by atoms with E-state index in [2.05, 4.69) is 28.3 Å². The zero-order chi connectivity index (χ0) is 26.5. The molecule has 2 heterocycles. The van der Waals surface area contributed by atoms with E-state index in [1.807, 2.05) is 6.92 Å². The first kappa shape index (κ1) is 26.5. The number of hydrogen-bond acceptors (Lipinski definition) is 7. The highest BCUT2D eigenvalue weighted by molar-refractivity contribution is 7.92. The van der Waals surface area contributed by atoms with Crippen molar-refractivity contribution in [1.29, 1.82) is 0 Å². The highest BCUT2D eigenvalue weighted by Crippen LogP contribution is 2.43. The number of carbonyl (C=O) groups is 1. The van der Waals surface area contributed by atoms with Crippen LogP contribution in [-0.4, -0.2) is 57.4 Å². The monoisotopic (exact) mass is 538 g/mol. The summed E-state index contributed by atoms with van der Waals surface area (Å²) < 4.78 is 55.6. The first-order valence-corrected chi connectivity index (χ1v) is 15.5. The van der Waals surface area contributed by atoms with Crippen LogP contribution in [0, 0.1) is 11.3 Å². The third-order valence-electron chi connectivity index (χ3n) is 7.11. The molecule has 3 aliphatic rings. The number of nitrogens with zero attached hydrogens (tertiary/aromatic N) is 2. The lowest BCUT2D eigenvalue weighted by atomic mass is 9.76. The molecular formula is C24H34N4O6S2. The highest BCUT2D eigenvalue weighted by atomic mass is 32.2. The molecule has 1 fully saturated rings. The van der Waals surface area contributed by atoms with Crippen LogP contribution in [0.5, 0.6) is 0 Å². The van der Waals surface area contributed by atoms with Crippen molar-refractivity contribution in [3.8, 4) is 0 Å². The van der Waals surface area contributed by atoms with E-state index in [1.165, 1.54) is 18.2 Å². The Morgan fingerprint density at radius 2 is 1.94 bits per heavy atom. The number of carbonyl (C=O) groups excluding carboxylic acids is 1. The van der Waals surface area contributed by atoms with Crippen LogP contribution in [0.4, 0.5) is 11.4 Å². The first-order chi connectivity index (χ1) is 16.7. The second-order valence-corrected chi connectivity index (χ2v) is 14.0. The normalized spacial score (nSPS) is 24.5. The van der Waals surface area contributed by atoms with Crippen LogP contribution in [0.25, 0.3) is 0 Å². The number of rotatable bonds is 7. The number of fused-ring (bicyclic) bond motifs is 1. The molecule has 1 aromatic carbocycles. The van der Waals surface area contributed by atoms with Gasteiger partial charge in [-0.05, 0) is 49.8 Å². The fourth-order valence-electron chi connectivity index (χ4n) is 5.14. The van der Waals surface area contributed by atoms with Crippen molar-refractivity contribution >= 4 is 43.2 Å². The molecule has 10 nitrogen and oxygen atoms in total. The van der Waals surface area contributed by atoms with Crippen molar-refractivity contribution in [3.05, 3.63) is 29.5 Å². The van der Waals surface area contributed by atoms with Gasteiger partial charge in [-0.2, -0.15) is 8.42 Å². The van der Waals surface area contributed by atoms with Crippen LogP contribution in [0.2, 0.25) is 0 Å². The predicted octanol–water partition coefficient (Wildman–Crippen LogP) is 3.61. The maximum Gasteiger partial charge on any atom is 0.286 e. The third kappa shape index (κ3) is 5.24. The maximum absolute atomic E-state index is 13.7. The number of aliphatic hydroxyl groups excluding tert-OH is 1. The van der Waals surface area contributed by atoms with Gasteiger partial charge in [-0.25, -0.2) is 8.42 Å². The van der Waals surface area contributed by atoms with Gasteiger partial charge < -0.3 is 15.3 Å². The molecule has 1 unspecified atom stereocenters. The Balaban J connectivity index is 1.78. The first-order valence-electron chi connectivity index (χ1n) is 12.2. The summed E-state index contributed by atoms with van der Waals surface area (Å²) in [6.45, 7) is 6.47. The quantitative estimate of drug-likeness (QED) is 0.481. The summed E-state index contributed by atoms with van der Waals surface area (Å²) in [6, 6.07) is 4.04. The van der Waals surface area contributed by atoms with Crippen molar-refractivity contribution in [2.45, 2.75) is 70.2 Å². The van der Waals surface area contributed by atoms with Gasteiger partial charge in [0.15, 0.2) is 5.84 Å². The largest absolute Gasteiger partial charge is 0.511 e. The molecule has 3 N–H and O–H groups in total. The molecule has 1 aromatic rings. The van der Waals surface area contributed by atoms with Crippen LogP contribution < -0.4 is 10.0 Å². The Morgan fingerprint density at radius 1 is 1.28 bits per heavy atom. The molecule has 0 spiro atoms. The summed E-state index contributed by atoms with van der Waals surface area (Å²) >= 11 is 0. The summed E-state index contributed by atoms with van der Waals surface area (Å²) in [7, 11) is -7.90. The van der Waals surface area contributed by atoms with Gasteiger partial charge in [0.25, 0.3) is 15.9 Å². The summed E-state index contributed by atoms with van der Waals surface area (Å²) in [4.78, 5) is 15.3.